The predicted octanol–water partition coefficient (Wildman–Crippen LogP) is 3.38. The highest BCUT2D eigenvalue weighted by molar-refractivity contribution is 14.1. The monoisotopic (exact) mass is 268 g/mol. The van der Waals surface area contributed by atoms with Crippen LogP contribution in [0.4, 0.5) is 0 Å². The molecule has 0 aliphatic rings. The van der Waals surface area contributed by atoms with E-state index in [-0.39, 0.29) is 15.8 Å². The second-order valence-corrected chi connectivity index (χ2v) is 6.18. The molecule has 0 aromatic heterocycles. The summed E-state index contributed by atoms with van der Waals surface area (Å²) in [6.07, 6.45) is 0. The molecule has 3 heteroatoms. The fourth-order valence-corrected chi connectivity index (χ4v) is 1.22. The molecule has 11 heavy (non-hydrogen) atoms. The lowest BCUT2D eigenvalue weighted by Crippen LogP contribution is -2.41. The number of rotatable bonds is 2. The van der Waals surface area contributed by atoms with Crippen molar-refractivity contribution in [2.45, 2.75) is 47.0 Å². The first-order chi connectivity index (χ1) is 4.67. The lowest BCUT2D eigenvalue weighted by atomic mass is 9.78. The summed E-state index contributed by atoms with van der Waals surface area (Å²) in [5.41, 5.74) is 0.153. The Labute approximate surface area is 84.3 Å². The third kappa shape index (κ3) is 3.79. The summed E-state index contributed by atoms with van der Waals surface area (Å²) in [5, 5.41) is 0. The van der Waals surface area contributed by atoms with Gasteiger partial charge in [-0.3, -0.25) is 0 Å². The maximum Gasteiger partial charge on any atom is 0.362 e. The van der Waals surface area contributed by atoms with Crippen molar-refractivity contribution in [1.29, 1.82) is 0 Å². The molecule has 0 unspecified atom stereocenters. The average Bonchev–Trinajstić information content (AvgIpc) is 1.56. The zero-order valence-corrected chi connectivity index (χ0v) is 10.5. The standard InChI is InChI=1S/C8H18BIO/c1-7(2,3)8(4,5)11-9(6)10/h1-6H3. The fraction of sp³-hybridized carbons (Fsp3) is 1.00. The van der Waals surface area contributed by atoms with Gasteiger partial charge in [0.25, 0.3) is 0 Å². The van der Waals surface area contributed by atoms with Crippen LogP contribution >= 0.6 is 22.4 Å². The first-order valence-electron chi connectivity index (χ1n) is 3.99. The van der Waals surface area contributed by atoms with Gasteiger partial charge >= 0.3 is 4.77 Å². The van der Waals surface area contributed by atoms with Gasteiger partial charge < -0.3 is 4.65 Å². The molecule has 0 saturated heterocycles. The molecule has 1 nitrogen and oxygen atoms in total. The van der Waals surface area contributed by atoms with E-state index in [9.17, 15) is 0 Å². The van der Waals surface area contributed by atoms with E-state index in [1.54, 1.807) is 0 Å². The average molecular weight is 268 g/mol. The van der Waals surface area contributed by atoms with Crippen molar-refractivity contribution < 1.29 is 4.65 Å². The van der Waals surface area contributed by atoms with E-state index in [4.69, 9.17) is 4.65 Å². The van der Waals surface area contributed by atoms with Gasteiger partial charge in [0.1, 0.15) is 0 Å². The van der Waals surface area contributed by atoms with E-state index >= 15 is 0 Å². The lowest BCUT2D eigenvalue weighted by molar-refractivity contribution is 0.00308. The Bertz CT molecular complexity index is 127. The largest absolute Gasteiger partial charge is 0.421 e. The Kier molecular flexibility index (Phi) is 3.90. The van der Waals surface area contributed by atoms with Gasteiger partial charge in [-0.1, -0.05) is 20.8 Å². The van der Waals surface area contributed by atoms with Gasteiger partial charge in [0.15, 0.2) is 0 Å². The summed E-state index contributed by atoms with van der Waals surface area (Å²) in [7, 11) is 0. The highest BCUT2D eigenvalue weighted by Gasteiger charge is 2.34. The van der Waals surface area contributed by atoms with Crippen LogP contribution in [-0.4, -0.2) is 10.4 Å². The van der Waals surface area contributed by atoms with Crippen LogP contribution < -0.4 is 0 Å². The van der Waals surface area contributed by atoms with Crippen molar-refractivity contribution in [1.82, 2.24) is 0 Å². The highest BCUT2D eigenvalue weighted by atomic mass is 127. The van der Waals surface area contributed by atoms with Gasteiger partial charge in [0.2, 0.25) is 0 Å². The van der Waals surface area contributed by atoms with Gasteiger partial charge in [0.05, 0.1) is 5.60 Å². The Balaban J connectivity index is 4.22. The molecule has 0 bridgehead atoms. The van der Waals surface area contributed by atoms with Crippen molar-refractivity contribution >= 4 is 27.1 Å². The van der Waals surface area contributed by atoms with Crippen molar-refractivity contribution in [2.75, 3.05) is 0 Å². The van der Waals surface area contributed by atoms with Crippen LogP contribution in [0.1, 0.15) is 34.6 Å². The molecule has 0 aliphatic carbocycles. The van der Waals surface area contributed by atoms with Gasteiger partial charge in [-0.25, -0.2) is 0 Å². The van der Waals surface area contributed by atoms with E-state index < -0.39 is 0 Å². The molecule has 0 saturated carbocycles. The van der Waals surface area contributed by atoms with E-state index in [2.05, 4.69) is 63.8 Å². The van der Waals surface area contributed by atoms with Gasteiger partial charge in [0, 0.05) is 0 Å². The van der Waals surface area contributed by atoms with E-state index in [1.165, 1.54) is 0 Å². The molecular weight excluding hydrogens is 250 g/mol. The molecule has 0 radical (unpaired) electrons. The molecule has 0 heterocycles. The number of halogens is 1. The minimum absolute atomic E-state index is 0.0480. The molecular formula is C8H18BIO. The third-order valence-corrected chi connectivity index (χ3v) is 2.52. The molecule has 0 aromatic carbocycles. The third-order valence-electron chi connectivity index (χ3n) is 2.26. The molecule has 0 amide bonds. The molecule has 0 fully saturated rings. The van der Waals surface area contributed by atoms with Crippen molar-refractivity contribution in [3.63, 3.8) is 0 Å². The van der Waals surface area contributed by atoms with Crippen LogP contribution in [0.3, 0.4) is 0 Å². The Morgan fingerprint density at radius 1 is 1.09 bits per heavy atom. The second-order valence-electron chi connectivity index (χ2n) is 4.42. The van der Waals surface area contributed by atoms with E-state index in [0.29, 0.717) is 0 Å². The Hall–Kier alpha value is 0.755. The van der Waals surface area contributed by atoms with Crippen LogP contribution in [0, 0.1) is 5.41 Å². The normalized spacial score (nSPS) is 13.4. The van der Waals surface area contributed by atoms with Crippen molar-refractivity contribution in [3.8, 4) is 0 Å². The lowest BCUT2D eigenvalue weighted by Gasteiger charge is -2.39. The van der Waals surface area contributed by atoms with Crippen molar-refractivity contribution in [3.05, 3.63) is 0 Å². The zero-order valence-electron chi connectivity index (χ0n) is 8.36. The maximum atomic E-state index is 5.79. The van der Waals surface area contributed by atoms with Crippen LogP contribution in [0.2, 0.25) is 6.82 Å². The minimum Gasteiger partial charge on any atom is -0.421 e. The quantitative estimate of drug-likeness (QED) is 0.551. The van der Waals surface area contributed by atoms with Gasteiger partial charge in [-0.2, -0.15) is 0 Å². The summed E-state index contributed by atoms with van der Waals surface area (Å²) < 4.78 is 6.07. The first-order valence-corrected chi connectivity index (χ1v) is 5.23. The number of hydrogen-bond donors (Lipinski definition) is 0. The molecule has 0 aromatic rings. The van der Waals surface area contributed by atoms with Crippen molar-refractivity contribution in [2.24, 2.45) is 5.41 Å². The van der Waals surface area contributed by atoms with E-state index in [1.807, 2.05) is 0 Å². The Morgan fingerprint density at radius 3 is 1.55 bits per heavy atom. The van der Waals surface area contributed by atoms with Gasteiger partial charge in [-0.15, -0.1) is 22.4 Å². The molecule has 66 valence electrons. The SMILES string of the molecule is CB(I)OC(C)(C)C(C)(C)C. The maximum absolute atomic E-state index is 5.79. The smallest absolute Gasteiger partial charge is 0.362 e. The summed E-state index contributed by atoms with van der Waals surface area (Å²) in [6.45, 7) is 12.9. The first kappa shape index (κ1) is 11.8. The van der Waals surface area contributed by atoms with E-state index in [0.717, 1.165) is 0 Å². The topological polar surface area (TPSA) is 9.23 Å². The van der Waals surface area contributed by atoms with Crippen LogP contribution in [0.25, 0.3) is 0 Å². The van der Waals surface area contributed by atoms with Crippen LogP contribution in [0.5, 0.6) is 0 Å². The molecule has 0 aliphatic heterocycles. The van der Waals surface area contributed by atoms with Crippen LogP contribution in [0.15, 0.2) is 0 Å². The minimum atomic E-state index is -0.0480. The number of hydrogen-bond acceptors (Lipinski definition) is 1. The molecule has 0 N–H and O–H groups in total. The molecule has 0 rings (SSSR count). The summed E-state index contributed by atoms with van der Waals surface area (Å²) in [6, 6.07) is 0. The molecule has 0 atom stereocenters. The Morgan fingerprint density at radius 2 is 1.45 bits per heavy atom. The summed E-state index contributed by atoms with van der Waals surface area (Å²) in [5.74, 6) is 0. The zero-order chi connectivity index (χ0) is 9.28. The second kappa shape index (κ2) is 3.65. The molecule has 0 spiro atoms. The highest BCUT2D eigenvalue weighted by Crippen LogP contribution is 2.33. The van der Waals surface area contributed by atoms with Crippen LogP contribution in [-0.2, 0) is 4.65 Å². The summed E-state index contributed by atoms with van der Waals surface area (Å²) in [4.78, 5) is 0. The fourth-order valence-electron chi connectivity index (χ4n) is 0.583. The predicted molar refractivity (Wildman–Crippen MR) is 60.3 cm³/mol. The summed E-state index contributed by atoms with van der Waals surface area (Å²) >= 11 is 2.29. The van der Waals surface area contributed by atoms with Gasteiger partial charge in [-0.05, 0) is 26.1 Å².